The molecule has 2 aromatic carbocycles. The summed E-state index contributed by atoms with van der Waals surface area (Å²) in [6.45, 7) is 2.34. The third-order valence-electron chi connectivity index (χ3n) is 4.17. The zero-order valence-electron chi connectivity index (χ0n) is 14.2. The van der Waals surface area contributed by atoms with Crippen molar-refractivity contribution in [3.05, 3.63) is 53.6 Å². The third-order valence-corrected chi connectivity index (χ3v) is 6.03. The van der Waals surface area contributed by atoms with Crippen LogP contribution in [0, 0.1) is 6.92 Å². The largest absolute Gasteiger partial charge is 0.497 e. The minimum atomic E-state index is -3.21. The Balaban J connectivity index is 1.77. The van der Waals surface area contributed by atoms with E-state index in [-0.39, 0.29) is 11.7 Å². The predicted molar refractivity (Wildman–Crippen MR) is 97.9 cm³/mol. The van der Waals surface area contributed by atoms with Crippen LogP contribution in [-0.2, 0) is 10.0 Å². The van der Waals surface area contributed by atoms with E-state index in [0.717, 1.165) is 5.56 Å². The van der Waals surface area contributed by atoms with Gasteiger partial charge in [-0.1, -0.05) is 0 Å². The van der Waals surface area contributed by atoms with Crippen molar-refractivity contribution in [2.24, 2.45) is 0 Å². The molecule has 1 aliphatic heterocycles. The second-order valence-corrected chi connectivity index (χ2v) is 7.94. The number of sulfonamides is 1. The summed E-state index contributed by atoms with van der Waals surface area (Å²) in [6.07, 6.45) is 0.637. The number of carbonyl (C=O) groups excluding carboxylic acids is 1. The molecule has 0 atom stereocenters. The summed E-state index contributed by atoms with van der Waals surface area (Å²) < 4.78 is 30.6. The van der Waals surface area contributed by atoms with Crippen molar-refractivity contribution < 1.29 is 17.9 Å². The number of nitrogens with one attached hydrogen (secondary N) is 1. The zero-order chi connectivity index (χ0) is 18.0. The Bertz CT molecular complexity index is 892. The Labute approximate surface area is 147 Å². The summed E-state index contributed by atoms with van der Waals surface area (Å²) >= 11 is 0. The quantitative estimate of drug-likeness (QED) is 0.910. The minimum absolute atomic E-state index is 0.183. The number of carbonyl (C=O) groups is 1. The number of rotatable bonds is 4. The number of hydrogen-bond donors (Lipinski definition) is 1. The molecule has 0 unspecified atom stereocenters. The molecule has 2 aromatic rings. The van der Waals surface area contributed by atoms with Crippen molar-refractivity contribution in [2.45, 2.75) is 13.3 Å². The Kier molecular flexibility index (Phi) is 4.67. The van der Waals surface area contributed by atoms with Crippen LogP contribution in [0.25, 0.3) is 0 Å². The zero-order valence-corrected chi connectivity index (χ0v) is 15.0. The lowest BCUT2D eigenvalue weighted by molar-refractivity contribution is 0.102. The molecular formula is C18H20N2O4S. The SMILES string of the molecule is COc1ccc(C(=O)Nc2ccc(N3CCCS3(=O)=O)c(C)c2)cc1. The molecule has 6 nitrogen and oxygen atoms in total. The highest BCUT2D eigenvalue weighted by atomic mass is 32.2. The summed E-state index contributed by atoms with van der Waals surface area (Å²) in [4.78, 5) is 12.3. The number of nitrogens with zero attached hydrogens (tertiary/aromatic N) is 1. The molecule has 3 rings (SSSR count). The van der Waals surface area contributed by atoms with Crippen molar-refractivity contribution >= 4 is 27.3 Å². The first-order chi connectivity index (χ1) is 11.9. The van der Waals surface area contributed by atoms with Gasteiger partial charge in [-0.3, -0.25) is 9.10 Å². The minimum Gasteiger partial charge on any atom is -0.497 e. The van der Waals surface area contributed by atoms with Gasteiger partial charge >= 0.3 is 0 Å². The highest BCUT2D eigenvalue weighted by molar-refractivity contribution is 7.93. The fourth-order valence-corrected chi connectivity index (χ4v) is 4.49. The van der Waals surface area contributed by atoms with Gasteiger partial charge in [0, 0.05) is 17.8 Å². The van der Waals surface area contributed by atoms with Crippen LogP contribution in [0.15, 0.2) is 42.5 Å². The van der Waals surface area contributed by atoms with E-state index >= 15 is 0 Å². The van der Waals surface area contributed by atoms with Gasteiger partial charge < -0.3 is 10.1 Å². The standard InChI is InChI=1S/C18H20N2O4S/c1-13-12-15(6-9-17(13)20-10-3-11-25(20,22)23)19-18(21)14-4-7-16(24-2)8-5-14/h4-9,12H,3,10-11H2,1-2H3,(H,19,21). The van der Waals surface area contributed by atoms with Crippen molar-refractivity contribution in [1.29, 1.82) is 0 Å². The first-order valence-corrected chi connectivity index (χ1v) is 9.58. The maximum atomic E-state index is 12.3. The van der Waals surface area contributed by atoms with Crippen molar-refractivity contribution in [3.8, 4) is 5.75 Å². The molecule has 0 saturated carbocycles. The molecule has 0 radical (unpaired) electrons. The Hall–Kier alpha value is -2.54. The molecule has 0 aromatic heterocycles. The average Bonchev–Trinajstić information content (AvgIpc) is 2.94. The second-order valence-electron chi connectivity index (χ2n) is 5.93. The van der Waals surface area contributed by atoms with E-state index < -0.39 is 10.0 Å². The fraction of sp³-hybridized carbons (Fsp3) is 0.278. The number of amides is 1. The van der Waals surface area contributed by atoms with E-state index in [1.807, 2.05) is 6.92 Å². The van der Waals surface area contributed by atoms with Crippen LogP contribution in [0.3, 0.4) is 0 Å². The molecule has 0 aliphatic carbocycles. The molecule has 1 N–H and O–H groups in total. The van der Waals surface area contributed by atoms with Gasteiger partial charge in [0.2, 0.25) is 10.0 Å². The van der Waals surface area contributed by atoms with Crippen LogP contribution in [-0.4, -0.2) is 33.7 Å². The third kappa shape index (κ3) is 3.61. The van der Waals surface area contributed by atoms with E-state index in [0.29, 0.717) is 35.7 Å². The topological polar surface area (TPSA) is 75.7 Å². The monoisotopic (exact) mass is 360 g/mol. The smallest absolute Gasteiger partial charge is 0.255 e. The first-order valence-electron chi connectivity index (χ1n) is 7.97. The van der Waals surface area contributed by atoms with E-state index in [1.54, 1.807) is 49.6 Å². The van der Waals surface area contributed by atoms with Gasteiger partial charge in [-0.2, -0.15) is 0 Å². The molecule has 132 valence electrons. The van der Waals surface area contributed by atoms with Gasteiger partial charge in [0.15, 0.2) is 0 Å². The maximum Gasteiger partial charge on any atom is 0.255 e. The van der Waals surface area contributed by atoms with Gasteiger partial charge in [-0.15, -0.1) is 0 Å². The summed E-state index contributed by atoms with van der Waals surface area (Å²) in [5, 5.41) is 2.83. The molecule has 25 heavy (non-hydrogen) atoms. The fourth-order valence-electron chi connectivity index (χ4n) is 2.87. The summed E-state index contributed by atoms with van der Waals surface area (Å²) in [7, 11) is -1.64. The molecule has 1 heterocycles. The van der Waals surface area contributed by atoms with Crippen molar-refractivity contribution in [1.82, 2.24) is 0 Å². The van der Waals surface area contributed by atoms with Gasteiger partial charge in [-0.25, -0.2) is 8.42 Å². The van der Waals surface area contributed by atoms with Crippen molar-refractivity contribution in [2.75, 3.05) is 29.0 Å². The van der Waals surface area contributed by atoms with E-state index in [1.165, 1.54) is 4.31 Å². The van der Waals surface area contributed by atoms with Crippen LogP contribution >= 0.6 is 0 Å². The second kappa shape index (κ2) is 6.76. The molecule has 0 bridgehead atoms. The number of hydrogen-bond acceptors (Lipinski definition) is 4. The number of anilines is 2. The van der Waals surface area contributed by atoms with E-state index in [2.05, 4.69) is 5.32 Å². The van der Waals surface area contributed by atoms with Gasteiger partial charge in [-0.05, 0) is 61.4 Å². The number of benzene rings is 2. The van der Waals surface area contributed by atoms with E-state index in [9.17, 15) is 13.2 Å². The summed E-state index contributed by atoms with van der Waals surface area (Å²) in [5.74, 6) is 0.634. The van der Waals surface area contributed by atoms with Gasteiger partial charge in [0.05, 0.1) is 18.6 Å². The van der Waals surface area contributed by atoms with E-state index in [4.69, 9.17) is 4.74 Å². The Morgan fingerprint density at radius 3 is 2.44 bits per heavy atom. The molecule has 7 heteroatoms. The van der Waals surface area contributed by atoms with Crippen LogP contribution in [0.2, 0.25) is 0 Å². The molecule has 1 aliphatic rings. The van der Waals surface area contributed by atoms with Gasteiger partial charge in [0.25, 0.3) is 5.91 Å². The lowest BCUT2D eigenvalue weighted by Crippen LogP contribution is -2.25. The highest BCUT2D eigenvalue weighted by Gasteiger charge is 2.29. The Morgan fingerprint density at radius 2 is 1.88 bits per heavy atom. The summed E-state index contributed by atoms with van der Waals surface area (Å²) in [6, 6.07) is 12.1. The number of ether oxygens (including phenoxy) is 1. The van der Waals surface area contributed by atoms with Crippen LogP contribution in [0.5, 0.6) is 5.75 Å². The Morgan fingerprint density at radius 1 is 1.16 bits per heavy atom. The van der Waals surface area contributed by atoms with Crippen LogP contribution in [0.4, 0.5) is 11.4 Å². The lowest BCUT2D eigenvalue weighted by atomic mass is 10.1. The van der Waals surface area contributed by atoms with Crippen LogP contribution in [0.1, 0.15) is 22.3 Å². The molecule has 1 amide bonds. The molecule has 1 saturated heterocycles. The molecule has 1 fully saturated rings. The number of aryl methyl sites for hydroxylation is 1. The lowest BCUT2D eigenvalue weighted by Gasteiger charge is -2.20. The predicted octanol–water partition coefficient (Wildman–Crippen LogP) is 2.80. The molecule has 0 spiro atoms. The van der Waals surface area contributed by atoms with Crippen molar-refractivity contribution in [3.63, 3.8) is 0 Å². The maximum absolute atomic E-state index is 12.3. The average molecular weight is 360 g/mol. The normalized spacial score (nSPS) is 15.8. The molecular weight excluding hydrogens is 340 g/mol. The van der Waals surface area contributed by atoms with Gasteiger partial charge in [0.1, 0.15) is 5.75 Å². The number of methoxy groups -OCH3 is 1. The van der Waals surface area contributed by atoms with Crippen LogP contribution < -0.4 is 14.4 Å². The summed E-state index contributed by atoms with van der Waals surface area (Å²) in [5.41, 5.74) is 2.61. The highest BCUT2D eigenvalue weighted by Crippen LogP contribution is 2.29. The first kappa shape index (κ1) is 17.3.